The second kappa shape index (κ2) is 9.45. The van der Waals surface area contributed by atoms with Crippen LogP contribution in [0.15, 0.2) is 28.9 Å². The van der Waals surface area contributed by atoms with Crippen LogP contribution < -0.4 is 5.32 Å². The van der Waals surface area contributed by atoms with Crippen molar-refractivity contribution in [2.24, 2.45) is 5.92 Å². The third-order valence-electron chi connectivity index (χ3n) is 3.10. The van der Waals surface area contributed by atoms with Gasteiger partial charge in [0.25, 0.3) is 0 Å². The zero-order valence-corrected chi connectivity index (χ0v) is 13.6. The van der Waals surface area contributed by atoms with Gasteiger partial charge in [0.1, 0.15) is 5.76 Å². The minimum absolute atomic E-state index is 0.176. The summed E-state index contributed by atoms with van der Waals surface area (Å²) in [5, 5.41) is 2.63. The fraction of sp³-hybridized carbons (Fsp3) is 0.438. The van der Waals surface area contributed by atoms with Gasteiger partial charge in [-0.3, -0.25) is 14.4 Å². The van der Waals surface area contributed by atoms with Crippen LogP contribution in [0.5, 0.6) is 0 Å². The van der Waals surface area contributed by atoms with Crippen molar-refractivity contribution in [3.8, 4) is 0 Å². The highest BCUT2D eigenvalue weighted by atomic mass is 16.5. The number of rotatable bonds is 8. The van der Waals surface area contributed by atoms with Gasteiger partial charge in [-0.05, 0) is 18.2 Å². The predicted molar refractivity (Wildman–Crippen MR) is 84.2 cm³/mol. The summed E-state index contributed by atoms with van der Waals surface area (Å²) in [4.78, 5) is 36.2. The maximum absolute atomic E-state index is 12.3. The number of hydrogen-bond donors (Lipinski definition) is 1. The van der Waals surface area contributed by atoms with Crippen LogP contribution in [0.25, 0.3) is 6.08 Å². The molecule has 0 aliphatic carbocycles. The first-order valence-corrected chi connectivity index (χ1v) is 7.26. The van der Waals surface area contributed by atoms with Crippen molar-refractivity contribution in [1.29, 1.82) is 0 Å². The van der Waals surface area contributed by atoms with Crippen LogP contribution in [0.3, 0.4) is 0 Å². The van der Waals surface area contributed by atoms with Crippen molar-refractivity contribution in [3.05, 3.63) is 30.2 Å². The lowest BCUT2D eigenvalue weighted by molar-refractivity contribution is -0.146. The predicted octanol–water partition coefficient (Wildman–Crippen LogP) is 1.07. The van der Waals surface area contributed by atoms with E-state index in [1.54, 1.807) is 25.1 Å². The van der Waals surface area contributed by atoms with E-state index in [1.165, 1.54) is 31.3 Å². The van der Waals surface area contributed by atoms with Crippen molar-refractivity contribution in [1.82, 2.24) is 10.2 Å². The molecule has 1 rings (SSSR count). The van der Waals surface area contributed by atoms with E-state index in [2.05, 4.69) is 10.1 Å². The lowest BCUT2D eigenvalue weighted by Crippen LogP contribution is -2.41. The maximum atomic E-state index is 12.3. The average molecular weight is 322 g/mol. The number of hydrogen-bond acceptors (Lipinski definition) is 5. The van der Waals surface area contributed by atoms with Gasteiger partial charge >= 0.3 is 5.97 Å². The van der Waals surface area contributed by atoms with E-state index < -0.39 is 11.9 Å². The quantitative estimate of drug-likeness (QED) is 0.571. The molecule has 1 heterocycles. The van der Waals surface area contributed by atoms with Gasteiger partial charge in [0.05, 0.1) is 19.3 Å². The lowest BCUT2D eigenvalue weighted by Gasteiger charge is -2.24. The van der Waals surface area contributed by atoms with Crippen LogP contribution in [0, 0.1) is 5.92 Å². The average Bonchev–Trinajstić information content (AvgIpc) is 3.03. The normalized spacial score (nSPS) is 12.0. The SMILES string of the molecule is COC(=O)C(C)CN(CCNC(C)=O)C(=O)/C=C/c1ccco1. The van der Waals surface area contributed by atoms with Gasteiger partial charge < -0.3 is 19.4 Å². The molecule has 0 aliphatic heterocycles. The minimum Gasteiger partial charge on any atom is -0.469 e. The summed E-state index contributed by atoms with van der Waals surface area (Å²) >= 11 is 0. The minimum atomic E-state index is -0.460. The fourth-order valence-electron chi connectivity index (χ4n) is 1.91. The second-order valence-corrected chi connectivity index (χ2v) is 5.04. The topological polar surface area (TPSA) is 88.9 Å². The van der Waals surface area contributed by atoms with E-state index in [-0.39, 0.29) is 18.4 Å². The molecule has 7 nitrogen and oxygen atoms in total. The molecular weight excluding hydrogens is 300 g/mol. The number of furan rings is 1. The van der Waals surface area contributed by atoms with Crippen molar-refractivity contribution >= 4 is 23.9 Å². The third kappa shape index (κ3) is 6.82. The maximum Gasteiger partial charge on any atom is 0.310 e. The van der Waals surface area contributed by atoms with Crippen LogP contribution in [-0.4, -0.2) is 49.4 Å². The fourth-order valence-corrected chi connectivity index (χ4v) is 1.91. The Morgan fingerprint density at radius 3 is 2.74 bits per heavy atom. The zero-order chi connectivity index (χ0) is 17.2. The molecule has 2 amide bonds. The summed E-state index contributed by atoms with van der Waals surface area (Å²) in [5.41, 5.74) is 0. The van der Waals surface area contributed by atoms with Crippen LogP contribution in [0.2, 0.25) is 0 Å². The monoisotopic (exact) mass is 322 g/mol. The zero-order valence-electron chi connectivity index (χ0n) is 13.6. The third-order valence-corrected chi connectivity index (χ3v) is 3.10. The Balaban J connectivity index is 2.69. The van der Waals surface area contributed by atoms with Crippen molar-refractivity contribution in [2.75, 3.05) is 26.7 Å². The highest BCUT2D eigenvalue weighted by Crippen LogP contribution is 2.06. The first-order chi connectivity index (χ1) is 10.9. The number of esters is 1. The number of nitrogens with one attached hydrogen (secondary N) is 1. The molecule has 1 unspecified atom stereocenters. The van der Waals surface area contributed by atoms with E-state index in [0.29, 0.717) is 18.8 Å². The molecule has 1 N–H and O–H groups in total. The standard InChI is InChI=1S/C16H22N2O5/c1-12(16(21)22-3)11-18(9-8-17-13(2)19)15(20)7-6-14-5-4-10-23-14/h4-7,10,12H,8-9,11H2,1-3H3,(H,17,19)/b7-6+. The summed E-state index contributed by atoms with van der Waals surface area (Å²) in [5.74, 6) is -0.746. The van der Waals surface area contributed by atoms with Gasteiger partial charge in [0.15, 0.2) is 0 Å². The molecule has 0 bridgehead atoms. The molecule has 0 saturated heterocycles. The molecule has 1 atom stereocenters. The molecule has 0 fully saturated rings. The highest BCUT2D eigenvalue weighted by molar-refractivity contribution is 5.91. The van der Waals surface area contributed by atoms with Gasteiger partial charge in [-0.2, -0.15) is 0 Å². The molecule has 23 heavy (non-hydrogen) atoms. The summed E-state index contributed by atoms with van der Waals surface area (Å²) in [6.07, 6.45) is 4.44. The number of nitrogens with zero attached hydrogens (tertiary/aromatic N) is 1. The van der Waals surface area contributed by atoms with Gasteiger partial charge in [0.2, 0.25) is 11.8 Å². The van der Waals surface area contributed by atoms with Gasteiger partial charge in [0, 0.05) is 32.6 Å². The Labute approximate surface area is 135 Å². The largest absolute Gasteiger partial charge is 0.469 e. The first kappa shape index (κ1) is 18.5. The summed E-state index contributed by atoms with van der Waals surface area (Å²) < 4.78 is 9.80. The Morgan fingerprint density at radius 1 is 1.43 bits per heavy atom. The number of ether oxygens (including phenoxy) is 1. The van der Waals surface area contributed by atoms with E-state index in [1.807, 2.05) is 0 Å². The highest BCUT2D eigenvalue weighted by Gasteiger charge is 2.20. The van der Waals surface area contributed by atoms with Crippen LogP contribution in [0.4, 0.5) is 0 Å². The van der Waals surface area contributed by atoms with Crippen LogP contribution in [-0.2, 0) is 19.1 Å². The summed E-state index contributed by atoms with van der Waals surface area (Å²) in [6.45, 7) is 3.89. The number of carbonyl (C=O) groups is 3. The number of carbonyl (C=O) groups excluding carboxylic acids is 3. The number of amides is 2. The van der Waals surface area contributed by atoms with E-state index in [9.17, 15) is 14.4 Å². The van der Waals surface area contributed by atoms with E-state index in [0.717, 1.165) is 0 Å². The van der Waals surface area contributed by atoms with E-state index in [4.69, 9.17) is 4.42 Å². The smallest absolute Gasteiger partial charge is 0.310 e. The Hall–Kier alpha value is -2.57. The van der Waals surface area contributed by atoms with Crippen molar-refractivity contribution in [2.45, 2.75) is 13.8 Å². The van der Waals surface area contributed by atoms with Crippen LogP contribution in [0.1, 0.15) is 19.6 Å². The van der Waals surface area contributed by atoms with Crippen molar-refractivity contribution < 1.29 is 23.5 Å². The van der Waals surface area contributed by atoms with Gasteiger partial charge in [-0.1, -0.05) is 6.92 Å². The Bertz CT molecular complexity index is 551. The summed E-state index contributed by atoms with van der Waals surface area (Å²) in [6, 6.07) is 3.44. The Kier molecular flexibility index (Phi) is 7.59. The molecule has 0 aliphatic rings. The molecule has 7 heteroatoms. The Morgan fingerprint density at radius 2 is 2.17 bits per heavy atom. The van der Waals surface area contributed by atoms with E-state index >= 15 is 0 Å². The molecule has 0 spiro atoms. The second-order valence-electron chi connectivity index (χ2n) is 5.04. The molecule has 0 radical (unpaired) electrons. The van der Waals surface area contributed by atoms with Gasteiger partial charge in [-0.15, -0.1) is 0 Å². The lowest BCUT2D eigenvalue weighted by atomic mass is 10.1. The first-order valence-electron chi connectivity index (χ1n) is 7.26. The molecular formula is C16H22N2O5. The van der Waals surface area contributed by atoms with Crippen LogP contribution >= 0.6 is 0 Å². The van der Waals surface area contributed by atoms with Crippen molar-refractivity contribution in [3.63, 3.8) is 0 Å². The molecule has 0 aromatic carbocycles. The molecule has 1 aromatic heterocycles. The van der Waals surface area contributed by atoms with Gasteiger partial charge in [-0.25, -0.2) is 0 Å². The molecule has 126 valence electrons. The summed E-state index contributed by atoms with van der Waals surface area (Å²) in [7, 11) is 1.30. The number of methoxy groups -OCH3 is 1. The molecule has 0 saturated carbocycles. The molecule has 1 aromatic rings.